The number of aromatic hydroxyl groups is 1. The van der Waals surface area contributed by atoms with Crippen LogP contribution in [0.1, 0.15) is 43.2 Å². The van der Waals surface area contributed by atoms with E-state index in [9.17, 15) is 9.90 Å². The summed E-state index contributed by atoms with van der Waals surface area (Å²) in [5, 5.41) is 10.6. The van der Waals surface area contributed by atoms with E-state index in [-0.39, 0.29) is 17.3 Å². The molecular formula is C21H26NO3+. The van der Waals surface area contributed by atoms with Crippen molar-refractivity contribution in [3.05, 3.63) is 23.3 Å². The van der Waals surface area contributed by atoms with Crippen LogP contribution < -0.4 is 4.74 Å². The number of ether oxygens (including phenoxy) is 1. The maximum Gasteiger partial charge on any atom is 0.174 e. The molecule has 132 valence electrons. The topological polar surface area (TPSA) is 46.5 Å². The number of ketones is 1. The van der Waals surface area contributed by atoms with Gasteiger partial charge in [0.1, 0.15) is 11.5 Å². The minimum atomic E-state index is -0.306. The number of rotatable bonds is 2. The number of benzene rings is 1. The number of phenols is 1. The van der Waals surface area contributed by atoms with Crippen molar-refractivity contribution in [2.24, 2.45) is 11.8 Å². The van der Waals surface area contributed by atoms with Crippen molar-refractivity contribution in [2.75, 3.05) is 20.1 Å². The van der Waals surface area contributed by atoms with Crippen molar-refractivity contribution >= 4 is 5.78 Å². The summed E-state index contributed by atoms with van der Waals surface area (Å²) >= 11 is 0. The first-order chi connectivity index (χ1) is 12.0. The van der Waals surface area contributed by atoms with E-state index in [0.717, 1.165) is 47.5 Å². The molecule has 1 aromatic carbocycles. The predicted molar refractivity (Wildman–Crippen MR) is 92.7 cm³/mol. The average Bonchev–Trinajstić information content (AvgIpc) is 3.32. The lowest BCUT2D eigenvalue weighted by molar-refractivity contribution is -0.946. The number of hydrogen-bond acceptors (Lipinski definition) is 3. The van der Waals surface area contributed by atoms with Gasteiger partial charge in [-0.05, 0) is 31.4 Å². The summed E-state index contributed by atoms with van der Waals surface area (Å²) < 4.78 is 7.37. The molecule has 6 rings (SSSR count). The van der Waals surface area contributed by atoms with E-state index >= 15 is 0 Å². The number of carbonyl (C=O) groups is 1. The van der Waals surface area contributed by atoms with E-state index in [1.165, 1.54) is 24.9 Å². The van der Waals surface area contributed by atoms with Gasteiger partial charge in [0.2, 0.25) is 0 Å². The first kappa shape index (κ1) is 14.6. The average molecular weight is 340 g/mol. The van der Waals surface area contributed by atoms with Gasteiger partial charge in [0.25, 0.3) is 0 Å². The highest BCUT2D eigenvalue weighted by Gasteiger charge is 2.69. The lowest BCUT2D eigenvalue weighted by atomic mass is 9.51. The van der Waals surface area contributed by atoms with E-state index in [0.29, 0.717) is 24.1 Å². The van der Waals surface area contributed by atoms with E-state index in [1.54, 1.807) is 6.07 Å². The van der Waals surface area contributed by atoms with Crippen LogP contribution >= 0.6 is 0 Å². The molecule has 1 unspecified atom stereocenters. The van der Waals surface area contributed by atoms with E-state index < -0.39 is 0 Å². The second kappa shape index (κ2) is 4.40. The number of Topliss-reactive ketones (excluding diaryl/α,β-unsaturated/α-hetero) is 1. The van der Waals surface area contributed by atoms with Crippen molar-refractivity contribution in [3.63, 3.8) is 0 Å². The van der Waals surface area contributed by atoms with Crippen molar-refractivity contribution in [1.82, 2.24) is 0 Å². The minimum absolute atomic E-state index is 0.164. The fraction of sp³-hybridized carbons (Fsp3) is 0.667. The van der Waals surface area contributed by atoms with Crippen molar-refractivity contribution in [2.45, 2.75) is 56.1 Å². The Labute approximate surface area is 148 Å². The van der Waals surface area contributed by atoms with E-state index in [4.69, 9.17) is 4.74 Å². The van der Waals surface area contributed by atoms with Gasteiger partial charge in [-0.3, -0.25) is 4.79 Å². The molecule has 2 heterocycles. The fourth-order valence-electron chi connectivity index (χ4n) is 6.92. The molecule has 1 spiro atoms. The van der Waals surface area contributed by atoms with Gasteiger partial charge in [-0.2, -0.15) is 0 Å². The van der Waals surface area contributed by atoms with Crippen LogP contribution in [0.25, 0.3) is 0 Å². The van der Waals surface area contributed by atoms with Crippen molar-refractivity contribution in [3.8, 4) is 11.5 Å². The Balaban J connectivity index is 1.56. The first-order valence-electron chi connectivity index (χ1n) is 9.92. The molecule has 2 aliphatic heterocycles. The third-order valence-electron chi connectivity index (χ3n) is 8.17. The molecule has 25 heavy (non-hydrogen) atoms. The van der Waals surface area contributed by atoms with E-state index in [1.807, 2.05) is 6.07 Å². The van der Waals surface area contributed by atoms with Gasteiger partial charge in [-0.15, -0.1) is 0 Å². The molecule has 1 aromatic rings. The van der Waals surface area contributed by atoms with Crippen LogP contribution in [0.5, 0.6) is 11.5 Å². The standard InChI is InChI=1S/C21H25NO3/c1-22(11-12-2-3-12)9-8-21-14-4-5-17(24)20(21)25-18-7-6-16(23)13(19(18)21)10-15(14)22/h6-7,12,14-15,20H,2-5,8-11H2,1H3/p+1/t14-,15-,20?,21+,22-/m0/s1. The number of hydrogen-bond donors (Lipinski definition) is 1. The van der Waals surface area contributed by atoms with Gasteiger partial charge in [-0.25, -0.2) is 0 Å². The van der Waals surface area contributed by atoms with Crippen LogP contribution in [0.2, 0.25) is 0 Å². The zero-order valence-corrected chi connectivity index (χ0v) is 14.8. The van der Waals surface area contributed by atoms with Crippen LogP contribution in [-0.4, -0.2) is 47.7 Å². The zero-order chi connectivity index (χ0) is 17.0. The molecule has 3 fully saturated rings. The van der Waals surface area contributed by atoms with Crippen LogP contribution in [-0.2, 0) is 16.6 Å². The van der Waals surface area contributed by atoms with Crippen LogP contribution in [0.4, 0.5) is 0 Å². The summed E-state index contributed by atoms with van der Waals surface area (Å²) in [6, 6.07) is 4.17. The summed E-state index contributed by atoms with van der Waals surface area (Å²) in [5.74, 6) is 2.96. The molecule has 0 radical (unpaired) electrons. The monoisotopic (exact) mass is 340 g/mol. The number of carbonyl (C=O) groups excluding carboxylic acids is 1. The maximum atomic E-state index is 12.8. The molecule has 4 nitrogen and oxygen atoms in total. The molecule has 1 N–H and O–H groups in total. The maximum absolute atomic E-state index is 12.8. The number of nitrogens with zero attached hydrogens (tertiary/aromatic N) is 1. The van der Waals surface area contributed by atoms with Crippen molar-refractivity contribution < 1.29 is 19.1 Å². The molecule has 2 bridgehead atoms. The largest absolute Gasteiger partial charge is 0.508 e. The molecule has 0 amide bonds. The SMILES string of the molecule is C[N@@+]1(CC2CC2)CC[C@]23c4c5ccc(O)c4C[C@H]1[C@@H]2CCC(=O)C3O5. The second-order valence-electron chi connectivity index (χ2n) is 9.44. The van der Waals surface area contributed by atoms with Gasteiger partial charge in [0.05, 0.1) is 31.6 Å². The highest BCUT2D eigenvalue weighted by molar-refractivity contribution is 5.88. The van der Waals surface area contributed by atoms with Crippen LogP contribution in [0.3, 0.4) is 0 Å². The second-order valence-corrected chi connectivity index (χ2v) is 9.44. The lowest BCUT2D eigenvalue weighted by Crippen LogP contribution is -2.72. The number of likely N-dealkylation sites (tertiary alicyclic amines) is 1. The zero-order valence-electron chi connectivity index (χ0n) is 14.8. The molecule has 3 aliphatic carbocycles. The summed E-state index contributed by atoms with van der Waals surface area (Å²) in [7, 11) is 2.43. The molecule has 4 heteroatoms. The minimum Gasteiger partial charge on any atom is -0.508 e. The van der Waals surface area contributed by atoms with Gasteiger partial charge < -0.3 is 14.3 Å². The molecule has 2 saturated carbocycles. The van der Waals surface area contributed by atoms with Crippen molar-refractivity contribution in [1.29, 1.82) is 0 Å². The summed E-state index contributed by atoms with van der Waals surface area (Å²) in [6.45, 7) is 2.41. The normalized spacial score (nSPS) is 43.6. The Bertz CT molecular complexity index is 801. The highest BCUT2D eigenvalue weighted by Crippen LogP contribution is 2.63. The van der Waals surface area contributed by atoms with Gasteiger partial charge in [-0.1, -0.05) is 0 Å². The van der Waals surface area contributed by atoms with Crippen LogP contribution in [0, 0.1) is 11.8 Å². The molecule has 5 atom stereocenters. The fourth-order valence-corrected chi connectivity index (χ4v) is 6.92. The van der Waals surface area contributed by atoms with Gasteiger partial charge in [0, 0.05) is 42.2 Å². The van der Waals surface area contributed by atoms with Gasteiger partial charge >= 0.3 is 0 Å². The summed E-state index contributed by atoms with van der Waals surface area (Å²) in [4.78, 5) is 12.8. The van der Waals surface area contributed by atoms with E-state index in [2.05, 4.69) is 7.05 Å². The Morgan fingerprint density at radius 1 is 1.32 bits per heavy atom. The lowest BCUT2D eigenvalue weighted by Gasteiger charge is -2.60. The Kier molecular flexibility index (Phi) is 2.57. The Morgan fingerprint density at radius 2 is 2.16 bits per heavy atom. The predicted octanol–water partition coefficient (Wildman–Crippen LogP) is 2.56. The quantitative estimate of drug-likeness (QED) is 0.842. The number of likely N-dealkylation sites (N-methyl/N-ethyl adjacent to an activating group) is 1. The smallest absolute Gasteiger partial charge is 0.174 e. The molecular weight excluding hydrogens is 314 g/mol. The number of phenolic OH excluding ortho intramolecular Hbond substituents is 1. The summed E-state index contributed by atoms with van der Waals surface area (Å²) in [5.41, 5.74) is 2.11. The van der Waals surface area contributed by atoms with Crippen LogP contribution in [0.15, 0.2) is 12.1 Å². The number of quaternary nitrogens is 1. The van der Waals surface area contributed by atoms with Gasteiger partial charge in [0.15, 0.2) is 11.9 Å². The Hall–Kier alpha value is -1.55. The Morgan fingerprint density at radius 3 is 2.96 bits per heavy atom. The summed E-state index contributed by atoms with van der Waals surface area (Å²) in [6.07, 6.45) is 6.08. The first-order valence-corrected chi connectivity index (χ1v) is 9.92. The number of piperidine rings is 1. The third-order valence-corrected chi connectivity index (χ3v) is 8.17. The molecule has 1 saturated heterocycles. The highest BCUT2D eigenvalue weighted by atomic mass is 16.5. The molecule has 0 aromatic heterocycles. The molecule has 5 aliphatic rings. The third kappa shape index (κ3) is 1.65.